The van der Waals surface area contributed by atoms with E-state index in [0.717, 1.165) is 4.31 Å². The Labute approximate surface area is 186 Å². The second kappa shape index (κ2) is 11.1. The lowest BCUT2D eigenvalue weighted by atomic mass is 10.2. The summed E-state index contributed by atoms with van der Waals surface area (Å²) in [5.74, 6) is -0.217. The van der Waals surface area contributed by atoms with E-state index in [2.05, 4.69) is 10.9 Å². The maximum Gasteiger partial charge on any atom is 0.269 e. The van der Waals surface area contributed by atoms with Crippen molar-refractivity contribution in [2.45, 2.75) is 17.7 Å². The normalized spacial score (nSPS) is 10.8. The Bertz CT molecular complexity index is 1130. The first kappa shape index (κ1) is 24.6. The van der Waals surface area contributed by atoms with Crippen molar-refractivity contribution < 1.29 is 27.5 Å². The van der Waals surface area contributed by atoms with E-state index in [9.17, 15) is 18.0 Å². The summed E-state index contributed by atoms with van der Waals surface area (Å²) in [7, 11) is 0.564. The zero-order valence-corrected chi connectivity index (χ0v) is 18.7. The fraction of sp³-hybridized carbons (Fsp3) is 0.286. The Morgan fingerprint density at radius 1 is 1.09 bits per heavy atom. The number of rotatable bonds is 9. The quantitative estimate of drug-likeness (QED) is 0.426. The first-order chi connectivity index (χ1) is 15.2. The molecule has 0 heterocycles. The number of carbonyl (C=O) groups excluding carboxylic acids is 2. The van der Waals surface area contributed by atoms with Crippen LogP contribution in [0, 0.1) is 11.3 Å². The highest BCUT2D eigenvalue weighted by molar-refractivity contribution is 7.89. The molecule has 2 N–H and O–H groups in total. The Kier molecular flexibility index (Phi) is 8.57. The lowest BCUT2D eigenvalue weighted by Crippen LogP contribution is -2.41. The van der Waals surface area contributed by atoms with Gasteiger partial charge in [0, 0.05) is 32.1 Å². The molecule has 0 saturated heterocycles. The van der Waals surface area contributed by atoms with Crippen LogP contribution in [0.3, 0.4) is 0 Å². The van der Waals surface area contributed by atoms with Gasteiger partial charge in [0.15, 0.2) is 11.5 Å². The largest absolute Gasteiger partial charge is 0.493 e. The zero-order valence-electron chi connectivity index (χ0n) is 17.9. The molecule has 2 rings (SSSR count). The number of hydrogen-bond acceptors (Lipinski definition) is 7. The Morgan fingerprint density at radius 2 is 1.84 bits per heavy atom. The molecular weight excluding hydrogens is 436 g/mol. The van der Waals surface area contributed by atoms with Gasteiger partial charge in [0.25, 0.3) is 5.91 Å². The van der Waals surface area contributed by atoms with Crippen molar-refractivity contribution in [3.8, 4) is 17.6 Å². The number of hydrogen-bond donors (Lipinski definition) is 2. The summed E-state index contributed by atoms with van der Waals surface area (Å²) >= 11 is 0. The molecule has 0 bridgehead atoms. The number of methoxy groups -OCH3 is 1. The van der Waals surface area contributed by atoms with Gasteiger partial charge in [-0.15, -0.1) is 0 Å². The lowest BCUT2D eigenvalue weighted by Gasteiger charge is -2.13. The van der Waals surface area contributed by atoms with E-state index >= 15 is 0 Å². The van der Waals surface area contributed by atoms with Gasteiger partial charge in [0.05, 0.1) is 30.2 Å². The third-order valence-electron chi connectivity index (χ3n) is 4.29. The standard InChI is InChI=1S/C21H24N4O6S/c1-25(2)32(28,29)17-7-4-6-16(13-17)21(27)24-23-20(26)8-5-11-31-18-10-9-15(14-22)12-19(18)30-3/h4,6-7,9-10,12-13H,5,8,11H2,1-3H3,(H,23,26)(H,24,27). The number of nitrogens with one attached hydrogen (secondary N) is 2. The minimum atomic E-state index is -3.68. The van der Waals surface area contributed by atoms with Gasteiger partial charge in [0.2, 0.25) is 15.9 Å². The van der Waals surface area contributed by atoms with Crippen molar-refractivity contribution in [1.82, 2.24) is 15.2 Å². The molecule has 0 unspecified atom stereocenters. The highest BCUT2D eigenvalue weighted by Gasteiger charge is 2.19. The number of benzene rings is 2. The summed E-state index contributed by atoms with van der Waals surface area (Å²) in [6.07, 6.45) is 0.440. The maximum atomic E-state index is 12.2. The van der Waals surface area contributed by atoms with E-state index in [4.69, 9.17) is 14.7 Å². The number of nitrogens with zero attached hydrogens (tertiary/aromatic N) is 2. The van der Waals surface area contributed by atoms with Crippen molar-refractivity contribution in [2.24, 2.45) is 0 Å². The second-order valence-corrected chi connectivity index (χ2v) is 8.90. The number of carbonyl (C=O) groups is 2. The first-order valence-corrected chi connectivity index (χ1v) is 11.0. The van der Waals surface area contributed by atoms with E-state index in [1.165, 1.54) is 45.5 Å². The van der Waals surface area contributed by atoms with Crippen LogP contribution >= 0.6 is 0 Å². The molecule has 0 spiro atoms. The van der Waals surface area contributed by atoms with Crippen molar-refractivity contribution in [1.29, 1.82) is 5.26 Å². The van der Waals surface area contributed by atoms with Crippen LogP contribution in [0.25, 0.3) is 0 Å². The average molecular weight is 461 g/mol. The van der Waals surface area contributed by atoms with Crippen LogP contribution in [-0.2, 0) is 14.8 Å². The Morgan fingerprint density at radius 3 is 2.50 bits per heavy atom. The predicted octanol–water partition coefficient (Wildman–Crippen LogP) is 1.44. The molecule has 0 radical (unpaired) electrons. The SMILES string of the molecule is COc1cc(C#N)ccc1OCCCC(=O)NNC(=O)c1cccc(S(=O)(=O)N(C)C)c1. The van der Waals surface area contributed by atoms with E-state index in [-0.39, 0.29) is 23.5 Å². The predicted molar refractivity (Wildman–Crippen MR) is 115 cm³/mol. The highest BCUT2D eigenvalue weighted by Crippen LogP contribution is 2.27. The molecular formula is C21H24N4O6S. The lowest BCUT2D eigenvalue weighted by molar-refractivity contribution is -0.122. The number of amides is 2. The second-order valence-electron chi connectivity index (χ2n) is 6.75. The number of ether oxygens (including phenoxy) is 2. The summed E-state index contributed by atoms with van der Waals surface area (Å²) in [5.41, 5.74) is 5.07. The summed E-state index contributed by atoms with van der Waals surface area (Å²) in [6, 6.07) is 12.3. The molecule has 0 aliphatic carbocycles. The third kappa shape index (κ3) is 6.44. The molecule has 2 amide bonds. The van der Waals surface area contributed by atoms with E-state index < -0.39 is 21.8 Å². The van der Waals surface area contributed by atoms with Gasteiger partial charge in [-0.2, -0.15) is 5.26 Å². The van der Waals surface area contributed by atoms with Gasteiger partial charge in [-0.05, 0) is 36.8 Å². The van der Waals surface area contributed by atoms with Gasteiger partial charge in [-0.25, -0.2) is 12.7 Å². The monoisotopic (exact) mass is 460 g/mol. The van der Waals surface area contributed by atoms with Crippen LogP contribution in [-0.4, -0.2) is 52.3 Å². The third-order valence-corrected chi connectivity index (χ3v) is 6.10. The van der Waals surface area contributed by atoms with E-state index in [1.54, 1.807) is 18.2 Å². The van der Waals surface area contributed by atoms with Crippen LogP contribution < -0.4 is 20.3 Å². The van der Waals surface area contributed by atoms with Gasteiger partial charge >= 0.3 is 0 Å². The average Bonchev–Trinajstić information content (AvgIpc) is 2.80. The Hall–Kier alpha value is -3.62. The van der Waals surface area contributed by atoms with Gasteiger partial charge in [0.1, 0.15) is 0 Å². The highest BCUT2D eigenvalue weighted by atomic mass is 32.2. The summed E-state index contributed by atoms with van der Waals surface area (Å²) in [4.78, 5) is 24.2. The minimum Gasteiger partial charge on any atom is -0.493 e. The molecule has 0 aliphatic rings. The van der Waals surface area contributed by atoms with E-state index in [1.807, 2.05) is 6.07 Å². The molecule has 10 nitrogen and oxygen atoms in total. The molecule has 0 fully saturated rings. The number of nitriles is 1. The van der Waals surface area contributed by atoms with Crippen LogP contribution in [0.15, 0.2) is 47.4 Å². The van der Waals surface area contributed by atoms with Crippen LogP contribution in [0.1, 0.15) is 28.8 Å². The van der Waals surface area contributed by atoms with Crippen molar-refractivity contribution in [3.63, 3.8) is 0 Å². The van der Waals surface area contributed by atoms with Crippen molar-refractivity contribution >= 4 is 21.8 Å². The van der Waals surface area contributed by atoms with Gasteiger partial charge in [-0.3, -0.25) is 20.4 Å². The molecule has 0 atom stereocenters. The fourth-order valence-electron chi connectivity index (χ4n) is 2.54. The zero-order chi connectivity index (χ0) is 23.7. The van der Waals surface area contributed by atoms with Crippen molar-refractivity contribution in [3.05, 3.63) is 53.6 Å². The summed E-state index contributed by atoms with van der Waals surface area (Å²) in [5, 5.41) is 8.91. The number of hydrazine groups is 1. The smallest absolute Gasteiger partial charge is 0.269 e. The molecule has 0 aliphatic heterocycles. The maximum absolute atomic E-state index is 12.2. The fourth-order valence-corrected chi connectivity index (χ4v) is 3.49. The van der Waals surface area contributed by atoms with Crippen molar-refractivity contribution in [2.75, 3.05) is 27.8 Å². The first-order valence-electron chi connectivity index (χ1n) is 9.51. The molecule has 2 aromatic carbocycles. The molecule has 0 saturated carbocycles. The molecule has 2 aromatic rings. The van der Waals surface area contributed by atoms with Gasteiger partial charge in [-0.1, -0.05) is 6.07 Å². The molecule has 170 valence electrons. The van der Waals surface area contributed by atoms with Crippen LogP contribution in [0.5, 0.6) is 11.5 Å². The van der Waals surface area contributed by atoms with Crippen LogP contribution in [0.4, 0.5) is 0 Å². The summed E-state index contributed by atoms with van der Waals surface area (Å²) in [6.45, 7) is 0.216. The molecule has 32 heavy (non-hydrogen) atoms. The van der Waals surface area contributed by atoms with E-state index in [0.29, 0.717) is 23.5 Å². The molecule has 11 heteroatoms. The minimum absolute atomic E-state index is 0.0307. The molecule has 0 aromatic heterocycles. The Balaban J connectivity index is 1.82. The van der Waals surface area contributed by atoms with Gasteiger partial charge < -0.3 is 9.47 Å². The number of sulfonamides is 1. The van der Waals surface area contributed by atoms with Crippen LogP contribution in [0.2, 0.25) is 0 Å². The topological polar surface area (TPSA) is 138 Å². The summed E-state index contributed by atoms with van der Waals surface area (Å²) < 4.78 is 36.2.